The molecule has 0 unspecified atom stereocenters. The van der Waals surface area contributed by atoms with E-state index in [1.165, 1.54) is 6.07 Å². The smallest absolute Gasteiger partial charge is 0.257 e. The number of hydrogen-bond donors (Lipinski definition) is 3. The highest BCUT2D eigenvalue weighted by molar-refractivity contribution is 6.53. The maximum atomic E-state index is 13.0. The molecule has 1 saturated carbocycles. The fraction of sp³-hybridized carbons (Fsp3) is 0.200. The first kappa shape index (κ1) is 24.5. The predicted octanol–water partition coefficient (Wildman–Crippen LogP) is 7.39. The molecule has 10 heteroatoms. The third-order valence-electron chi connectivity index (χ3n) is 6.13. The summed E-state index contributed by atoms with van der Waals surface area (Å²) in [5.41, 5.74) is 4.16. The summed E-state index contributed by atoms with van der Waals surface area (Å²) < 4.78 is -1.31. The third kappa shape index (κ3) is 4.93. The van der Waals surface area contributed by atoms with Crippen LogP contribution in [0.1, 0.15) is 27.4 Å². The number of carbonyl (C=O) groups is 2. The molecule has 2 aliphatic rings. The molecule has 5 nitrogen and oxygen atoms in total. The van der Waals surface area contributed by atoms with Crippen LogP contribution in [0.2, 0.25) is 15.1 Å². The Morgan fingerprint density at radius 1 is 0.886 bits per heavy atom. The minimum Gasteiger partial charge on any atom is -0.384 e. The summed E-state index contributed by atoms with van der Waals surface area (Å²) in [7, 11) is 0. The molecule has 2 amide bonds. The second-order valence-corrected chi connectivity index (χ2v) is 11.2. The molecule has 2 atom stereocenters. The number of carbonyl (C=O) groups excluding carboxylic acids is 2. The number of nitrogens with one attached hydrogen (secondary N) is 3. The number of anilines is 3. The highest BCUT2D eigenvalue weighted by Crippen LogP contribution is 2.65. The van der Waals surface area contributed by atoms with Gasteiger partial charge in [-0.15, -0.1) is 23.2 Å². The van der Waals surface area contributed by atoms with Crippen molar-refractivity contribution in [2.75, 3.05) is 22.5 Å². The maximum Gasteiger partial charge on any atom is 0.257 e. The van der Waals surface area contributed by atoms with Gasteiger partial charge in [-0.3, -0.25) is 9.59 Å². The first-order valence-corrected chi connectivity index (χ1v) is 12.6. The van der Waals surface area contributed by atoms with E-state index in [9.17, 15) is 9.59 Å². The molecule has 35 heavy (non-hydrogen) atoms. The summed E-state index contributed by atoms with van der Waals surface area (Å²) in [4.78, 5) is 26.0. The van der Waals surface area contributed by atoms with E-state index in [0.717, 1.165) is 24.2 Å². The minimum absolute atomic E-state index is 0.222. The molecule has 180 valence electrons. The van der Waals surface area contributed by atoms with Crippen molar-refractivity contribution >= 4 is 86.9 Å². The Bertz CT molecular complexity index is 1340. The van der Waals surface area contributed by atoms with Gasteiger partial charge in [0.1, 0.15) is 4.33 Å². The van der Waals surface area contributed by atoms with Crippen molar-refractivity contribution in [2.24, 2.45) is 5.92 Å². The lowest BCUT2D eigenvalue weighted by molar-refractivity contribution is -0.117. The molecule has 3 aromatic rings. The molecule has 1 aliphatic carbocycles. The van der Waals surface area contributed by atoms with E-state index in [1.54, 1.807) is 30.3 Å². The van der Waals surface area contributed by atoms with Gasteiger partial charge in [0.15, 0.2) is 0 Å². The summed E-state index contributed by atoms with van der Waals surface area (Å²) in [5.74, 6) is -1.99. The molecule has 3 N–H and O–H groups in total. The van der Waals surface area contributed by atoms with Gasteiger partial charge in [0.25, 0.3) is 5.91 Å². The standard InChI is InChI=1S/C25H18Cl5N3O2/c26-14-7-13(8-15(27)10-14)21-22(25(21,29)30)24(35)33-17-1-3-19(28)18(11-17)23(34)32-16-2-4-20-12(9-16)5-6-31-20/h1-4,7-11,21-22,31H,5-6H2,(H,32,34)(H,33,35)/t21-,22+/m0/s1. The number of fused-ring (bicyclic) bond motifs is 1. The Kier molecular flexibility index (Phi) is 6.58. The average molecular weight is 570 g/mol. The van der Waals surface area contributed by atoms with Crippen LogP contribution in [-0.4, -0.2) is 22.7 Å². The van der Waals surface area contributed by atoms with Gasteiger partial charge in [0.05, 0.1) is 16.5 Å². The van der Waals surface area contributed by atoms with Crippen LogP contribution in [0.15, 0.2) is 54.6 Å². The number of benzene rings is 3. The highest BCUT2D eigenvalue weighted by atomic mass is 35.5. The second-order valence-electron chi connectivity index (χ2n) is 8.52. The Labute approximate surface area is 227 Å². The fourth-order valence-corrected chi connectivity index (χ4v) is 5.97. The first-order valence-electron chi connectivity index (χ1n) is 10.8. The van der Waals surface area contributed by atoms with Crippen LogP contribution in [0.4, 0.5) is 17.1 Å². The topological polar surface area (TPSA) is 70.2 Å². The maximum absolute atomic E-state index is 13.0. The molecule has 5 rings (SSSR count). The molecule has 0 bridgehead atoms. The average Bonchev–Trinajstić information content (AvgIpc) is 3.11. The van der Waals surface area contributed by atoms with Crippen LogP contribution < -0.4 is 16.0 Å². The molecule has 0 radical (unpaired) electrons. The molecule has 1 fully saturated rings. The van der Waals surface area contributed by atoms with Crippen molar-refractivity contribution in [3.8, 4) is 0 Å². The Morgan fingerprint density at radius 3 is 2.31 bits per heavy atom. The monoisotopic (exact) mass is 567 g/mol. The van der Waals surface area contributed by atoms with Crippen LogP contribution in [0.25, 0.3) is 0 Å². The van der Waals surface area contributed by atoms with Gasteiger partial charge < -0.3 is 16.0 Å². The lowest BCUT2D eigenvalue weighted by Gasteiger charge is -2.11. The number of alkyl halides is 2. The number of amides is 2. The van der Waals surface area contributed by atoms with E-state index in [1.807, 2.05) is 18.2 Å². The zero-order chi connectivity index (χ0) is 24.9. The fourth-order valence-electron chi connectivity index (χ4n) is 4.40. The van der Waals surface area contributed by atoms with Gasteiger partial charge >= 0.3 is 0 Å². The quantitative estimate of drug-likeness (QED) is 0.281. The lowest BCUT2D eigenvalue weighted by atomic mass is 10.1. The second kappa shape index (κ2) is 9.38. The van der Waals surface area contributed by atoms with Crippen LogP contribution in [0, 0.1) is 5.92 Å². The van der Waals surface area contributed by atoms with Crippen molar-refractivity contribution in [2.45, 2.75) is 16.7 Å². The van der Waals surface area contributed by atoms with Crippen LogP contribution in [0.5, 0.6) is 0 Å². The molecule has 0 aromatic heterocycles. The van der Waals surface area contributed by atoms with E-state index in [4.69, 9.17) is 58.0 Å². The molecule has 0 spiro atoms. The molecule has 1 aliphatic heterocycles. The van der Waals surface area contributed by atoms with Gasteiger partial charge in [-0.1, -0.05) is 34.8 Å². The van der Waals surface area contributed by atoms with Crippen LogP contribution in [-0.2, 0) is 11.2 Å². The van der Waals surface area contributed by atoms with Crippen LogP contribution >= 0.6 is 58.0 Å². The Morgan fingerprint density at radius 2 is 1.57 bits per heavy atom. The van der Waals surface area contributed by atoms with Crippen molar-refractivity contribution in [3.05, 3.63) is 86.4 Å². The minimum atomic E-state index is -1.31. The van der Waals surface area contributed by atoms with E-state index >= 15 is 0 Å². The molecular weight excluding hydrogens is 552 g/mol. The summed E-state index contributed by atoms with van der Waals surface area (Å²) in [6, 6.07) is 15.3. The molecule has 0 saturated heterocycles. The zero-order valence-corrected chi connectivity index (χ0v) is 21.8. The lowest BCUT2D eigenvalue weighted by Crippen LogP contribution is -2.18. The van der Waals surface area contributed by atoms with Gasteiger partial charge in [0.2, 0.25) is 5.91 Å². The SMILES string of the molecule is O=C(Nc1ccc2c(c1)CCN2)c1cc(NC(=O)[C@H]2[C@H](c3cc(Cl)cc(Cl)c3)C2(Cl)Cl)ccc1Cl. The van der Waals surface area contributed by atoms with Crippen molar-refractivity contribution in [1.29, 1.82) is 0 Å². The highest BCUT2D eigenvalue weighted by Gasteiger charge is 2.67. The van der Waals surface area contributed by atoms with Crippen molar-refractivity contribution in [3.63, 3.8) is 0 Å². The Hall–Kier alpha value is -2.15. The van der Waals surface area contributed by atoms with E-state index in [0.29, 0.717) is 27.0 Å². The number of halogens is 5. The van der Waals surface area contributed by atoms with E-state index in [-0.39, 0.29) is 16.5 Å². The summed E-state index contributed by atoms with van der Waals surface area (Å²) in [6.07, 6.45) is 0.896. The van der Waals surface area contributed by atoms with Gasteiger partial charge in [-0.2, -0.15) is 0 Å². The van der Waals surface area contributed by atoms with Crippen LogP contribution in [0.3, 0.4) is 0 Å². The molecule has 3 aromatic carbocycles. The Balaban J connectivity index is 1.31. The summed E-state index contributed by atoms with van der Waals surface area (Å²) in [5, 5.41) is 10.0. The van der Waals surface area contributed by atoms with Crippen molar-refractivity contribution < 1.29 is 9.59 Å². The molecule has 1 heterocycles. The predicted molar refractivity (Wildman–Crippen MR) is 144 cm³/mol. The van der Waals surface area contributed by atoms with Crippen molar-refractivity contribution in [1.82, 2.24) is 0 Å². The summed E-state index contributed by atoms with van der Waals surface area (Å²) >= 11 is 31.4. The summed E-state index contributed by atoms with van der Waals surface area (Å²) in [6.45, 7) is 0.873. The molecular formula is C25H18Cl5N3O2. The first-order chi connectivity index (χ1) is 16.6. The number of hydrogen-bond acceptors (Lipinski definition) is 3. The van der Waals surface area contributed by atoms with E-state index in [2.05, 4.69) is 16.0 Å². The normalized spacial score (nSPS) is 19.5. The zero-order valence-electron chi connectivity index (χ0n) is 18.0. The van der Waals surface area contributed by atoms with E-state index < -0.39 is 22.1 Å². The van der Waals surface area contributed by atoms with Gasteiger partial charge in [-0.05, 0) is 72.1 Å². The third-order valence-corrected chi connectivity index (χ3v) is 7.84. The van der Waals surface area contributed by atoms with Gasteiger partial charge in [-0.25, -0.2) is 0 Å². The largest absolute Gasteiger partial charge is 0.384 e. The number of rotatable bonds is 5. The van der Waals surface area contributed by atoms with Gasteiger partial charge in [0, 0.05) is 39.6 Å².